The van der Waals surface area contributed by atoms with Crippen molar-refractivity contribution in [1.29, 1.82) is 0 Å². The molecule has 0 aliphatic rings. The molecule has 0 aliphatic heterocycles. The molecular formula is C9H10BrN3S. The van der Waals surface area contributed by atoms with Crippen molar-refractivity contribution < 1.29 is 0 Å². The minimum atomic E-state index is 0.486. The largest absolute Gasteiger partial charge is 0.329 e. The number of aromatic nitrogens is 2. The monoisotopic (exact) mass is 271 g/mol. The van der Waals surface area contributed by atoms with Gasteiger partial charge in [-0.15, -0.1) is 11.3 Å². The molecule has 5 heteroatoms. The van der Waals surface area contributed by atoms with Gasteiger partial charge in [-0.1, -0.05) is 0 Å². The third kappa shape index (κ3) is 2.05. The van der Waals surface area contributed by atoms with Crippen molar-refractivity contribution in [3.8, 4) is 0 Å². The number of nitrogens with two attached hydrogens (primary N) is 1. The first-order valence-electron chi connectivity index (χ1n) is 4.24. The summed E-state index contributed by atoms with van der Waals surface area (Å²) in [6.07, 6.45) is 3.74. The summed E-state index contributed by atoms with van der Waals surface area (Å²) in [4.78, 5) is 5.46. The van der Waals surface area contributed by atoms with Gasteiger partial charge in [-0.2, -0.15) is 0 Å². The maximum Gasteiger partial charge on any atom is 0.122 e. The molecule has 0 amide bonds. The number of nitrogens with zero attached hydrogens (tertiary/aromatic N) is 2. The fourth-order valence-electron chi connectivity index (χ4n) is 1.28. The summed E-state index contributed by atoms with van der Waals surface area (Å²) >= 11 is 5.17. The Bertz CT molecular complexity index is 421. The van der Waals surface area contributed by atoms with Gasteiger partial charge in [0.05, 0.1) is 16.9 Å². The zero-order valence-corrected chi connectivity index (χ0v) is 9.88. The van der Waals surface area contributed by atoms with Gasteiger partial charge in [0.1, 0.15) is 5.82 Å². The van der Waals surface area contributed by atoms with E-state index >= 15 is 0 Å². The summed E-state index contributed by atoms with van der Waals surface area (Å²) in [6, 6.07) is 4.16. The van der Waals surface area contributed by atoms with Crippen LogP contribution in [0.15, 0.2) is 28.3 Å². The maximum absolute atomic E-state index is 5.56. The van der Waals surface area contributed by atoms with Crippen LogP contribution in [-0.4, -0.2) is 9.55 Å². The quantitative estimate of drug-likeness (QED) is 0.931. The molecule has 0 unspecified atom stereocenters. The summed E-state index contributed by atoms with van der Waals surface area (Å²) in [5.74, 6) is 0.925. The summed E-state index contributed by atoms with van der Waals surface area (Å²) < 4.78 is 3.22. The molecule has 0 fully saturated rings. The van der Waals surface area contributed by atoms with E-state index in [1.807, 2.05) is 6.20 Å². The second-order valence-electron chi connectivity index (χ2n) is 2.88. The van der Waals surface area contributed by atoms with Crippen LogP contribution in [0.3, 0.4) is 0 Å². The van der Waals surface area contributed by atoms with Gasteiger partial charge >= 0.3 is 0 Å². The predicted molar refractivity (Wildman–Crippen MR) is 61.2 cm³/mol. The third-order valence-corrected chi connectivity index (χ3v) is 3.55. The van der Waals surface area contributed by atoms with Crippen LogP contribution in [0.2, 0.25) is 0 Å². The van der Waals surface area contributed by atoms with Crippen molar-refractivity contribution in [1.82, 2.24) is 9.55 Å². The average molecular weight is 272 g/mol. The van der Waals surface area contributed by atoms with Crippen molar-refractivity contribution >= 4 is 27.3 Å². The molecule has 2 aromatic heterocycles. The molecule has 2 aromatic rings. The summed E-state index contributed by atoms with van der Waals surface area (Å²) in [6.45, 7) is 1.34. The lowest BCUT2D eigenvalue weighted by molar-refractivity contribution is 0.732. The molecule has 0 radical (unpaired) electrons. The van der Waals surface area contributed by atoms with Crippen LogP contribution in [-0.2, 0) is 13.1 Å². The fraction of sp³-hybridized carbons (Fsp3) is 0.222. The van der Waals surface area contributed by atoms with E-state index in [4.69, 9.17) is 5.73 Å². The molecule has 0 saturated heterocycles. The van der Waals surface area contributed by atoms with Gasteiger partial charge in [0, 0.05) is 17.3 Å². The van der Waals surface area contributed by atoms with Gasteiger partial charge in [0.2, 0.25) is 0 Å². The molecule has 2 N–H and O–H groups in total. The van der Waals surface area contributed by atoms with Gasteiger partial charge in [0.25, 0.3) is 0 Å². The smallest absolute Gasteiger partial charge is 0.122 e. The van der Waals surface area contributed by atoms with Crippen LogP contribution in [0.25, 0.3) is 0 Å². The highest BCUT2D eigenvalue weighted by Gasteiger charge is 2.02. The van der Waals surface area contributed by atoms with E-state index in [9.17, 15) is 0 Å². The second-order valence-corrected chi connectivity index (χ2v) is 5.43. The van der Waals surface area contributed by atoms with Crippen molar-refractivity contribution in [3.63, 3.8) is 0 Å². The van der Waals surface area contributed by atoms with Crippen LogP contribution in [0, 0.1) is 0 Å². The van der Waals surface area contributed by atoms with Crippen LogP contribution in [0.1, 0.15) is 10.7 Å². The van der Waals surface area contributed by atoms with E-state index in [1.54, 1.807) is 17.5 Å². The van der Waals surface area contributed by atoms with Crippen molar-refractivity contribution in [2.24, 2.45) is 5.73 Å². The standard InChI is InChI=1S/C9H10BrN3S/c10-8-2-1-7(14-8)6-13-4-3-12-9(13)5-11/h1-4H,5-6,11H2. The van der Waals surface area contributed by atoms with Crippen LogP contribution in [0.5, 0.6) is 0 Å². The molecular weight excluding hydrogens is 262 g/mol. The Balaban J connectivity index is 2.18. The van der Waals surface area contributed by atoms with E-state index in [2.05, 4.69) is 37.6 Å². The fourth-order valence-corrected chi connectivity index (χ4v) is 2.76. The first-order chi connectivity index (χ1) is 6.79. The van der Waals surface area contributed by atoms with E-state index in [0.29, 0.717) is 6.54 Å². The topological polar surface area (TPSA) is 43.8 Å². The lowest BCUT2D eigenvalue weighted by Crippen LogP contribution is -2.07. The molecule has 14 heavy (non-hydrogen) atoms. The Morgan fingerprint density at radius 3 is 3.00 bits per heavy atom. The zero-order valence-electron chi connectivity index (χ0n) is 7.48. The number of hydrogen-bond acceptors (Lipinski definition) is 3. The van der Waals surface area contributed by atoms with Crippen LogP contribution >= 0.6 is 27.3 Å². The lowest BCUT2D eigenvalue weighted by Gasteiger charge is -2.03. The van der Waals surface area contributed by atoms with E-state index < -0.39 is 0 Å². The molecule has 2 heterocycles. The van der Waals surface area contributed by atoms with E-state index in [0.717, 1.165) is 16.2 Å². The molecule has 0 bridgehead atoms. The van der Waals surface area contributed by atoms with E-state index in [1.165, 1.54) is 4.88 Å². The number of halogens is 1. The Labute approximate surface area is 94.7 Å². The predicted octanol–water partition coefficient (Wildman–Crippen LogP) is 2.21. The minimum Gasteiger partial charge on any atom is -0.329 e. The molecule has 74 valence electrons. The van der Waals surface area contributed by atoms with Crippen LogP contribution in [0.4, 0.5) is 0 Å². The maximum atomic E-state index is 5.56. The highest BCUT2D eigenvalue weighted by Crippen LogP contribution is 2.22. The molecule has 2 rings (SSSR count). The van der Waals surface area contributed by atoms with Crippen LogP contribution < -0.4 is 5.73 Å². The van der Waals surface area contributed by atoms with Gasteiger partial charge in [0.15, 0.2) is 0 Å². The second kappa shape index (κ2) is 4.25. The highest BCUT2D eigenvalue weighted by molar-refractivity contribution is 9.11. The summed E-state index contributed by atoms with van der Waals surface area (Å²) in [7, 11) is 0. The van der Waals surface area contributed by atoms with Crippen molar-refractivity contribution in [2.75, 3.05) is 0 Å². The number of imidazole rings is 1. The molecule has 3 nitrogen and oxygen atoms in total. The number of rotatable bonds is 3. The molecule has 0 atom stereocenters. The molecule has 0 saturated carbocycles. The number of hydrogen-bond donors (Lipinski definition) is 1. The zero-order chi connectivity index (χ0) is 9.97. The summed E-state index contributed by atoms with van der Waals surface area (Å²) in [5.41, 5.74) is 5.56. The Morgan fingerprint density at radius 1 is 1.50 bits per heavy atom. The van der Waals surface area contributed by atoms with Gasteiger partial charge in [-0.3, -0.25) is 0 Å². The van der Waals surface area contributed by atoms with Crippen molar-refractivity contribution in [3.05, 3.63) is 39.0 Å². The van der Waals surface area contributed by atoms with Gasteiger partial charge in [-0.05, 0) is 28.1 Å². The molecule has 0 spiro atoms. The first-order valence-corrected chi connectivity index (χ1v) is 5.85. The molecule has 0 aliphatic carbocycles. The van der Waals surface area contributed by atoms with Crippen molar-refractivity contribution in [2.45, 2.75) is 13.1 Å². The van der Waals surface area contributed by atoms with E-state index in [-0.39, 0.29) is 0 Å². The number of thiophene rings is 1. The minimum absolute atomic E-state index is 0.486. The average Bonchev–Trinajstić information content (AvgIpc) is 2.76. The Morgan fingerprint density at radius 2 is 2.36 bits per heavy atom. The van der Waals surface area contributed by atoms with Gasteiger partial charge < -0.3 is 10.3 Å². The van der Waals surface area contributed by atoms with Gasteiger partial charge in [-0.25, -0.2) is 4.98 Å². The Kier molecular flexibility index (Phi) is 3.00. The molecule has 0 aromatic carbocycles. The summed E-state index contributed by atoms with van der Waals surface area (Å²) in [5, 5.41) is 0. The third-order valence-electron chi connectivity index (χ3n) is 1.94. The Hall–Kier alpha value is -0.650. The normalized spacial score (nSPS) is 10.7. The lowest BCUT2D eigenvalue weighted by atomic mass is 10.4. The highest BCUT2D eigenvalue weighted by atomic mass is 79.9. The SMILES string of the molecule is NCc1nccn1Cc1ccc(Br)s1. The first kappa shape index (κ1) is 9.89.